The summed E-state index contributed by atoms with van der Waals surface area (Å²) >= 11 is 0. The molecule has 0 saturated heterocycles. The second-order valence-electron chi connectivity index (χ2n) is 6.05. The number of carbonyl (C=O) groups is 2. The Morgan fingerprint density at radius 2 is 1.84 bits per heavy atom. The van der Waals surface area contributed by atoms with Crippen molar-refractivity contribution in [3.63, 3.8) is 0 Å². The predicted octanol–water partition coefficient (Wildman–Crippen LogP) is 3.29. The van der Waals surface area contributed by atoms with Crippen LogP contribution in [0.25, 0.3) is 0 Å². The zero-order chi connectivity index (χ0) is 18.2. The smallest absolute Gasteiger partial charge is 0.243 e. The highest BCUT2D eigenvalue weighted by atomic mass is 16.5. The topological polar surface area (TPSA) is 58.6 Å². The van der Waals surface area contributed by atoms with Crippen molar-refractivity contribution < 1.29 is 14.3 Å². The van der Waals surface area contributed by atoms with Crippen molar-refractivity contribution in [3.05, 3.63) is 60.2 Å². The molecule has 132 valence electrons. The average Bonchev–Trinajstić information content (AvgIpc) is 2.62. The number of hydrogen-bond donors (Lipinski definition) is 1. The van der Waals surface area contributed by atoms with Crippen LogP contribution in [0, 0.1) is 0 Å². The second kappa shape index (κ2) is 8.87. The summed E-state index contributed by atoms with van der Waals surface area (Å²) in [6, 6.07) is 17.0. The van der Waals surface area contributed by atoms with Crippen LogP contribution in [0.1, 0.15) is 24.8 Å². The molecule has 5 nitrogen and oxygen atoms in total. The number of hydrogen-bond acceptors (Lipinski definition) is 3. The Balaban J connectivity index is 1.86. The van der Waals surface area contributed by atoms with Gasteiger partial charge in [0.05, 0.1) is 13.7 Å². The summed E-state index contributed by atoms with van der Waals surface area (Å²) in [5.41, 5.74) is 1.76. The van der Waals surface area contributed by atoms with E-state index in [4.69, 9.17) is 4.74 Å². The van der Waals surface area contributed by atoms with E-state index in [1.165, 1.54) is 4.90 Å². The van der Waals surface area contributed by atoms with Gasteiger partial charge in [-0.25, -0.2) is 0 Å². The summed E-state index contributed by atoms with van der Waals surface area (Å²) in [7, 11) is 3.21. The molecular formula is C20H24N2O3. The Hall–Kier alpha value is -2.82. The van der Waals surface area contributed by atoms with Crippen molar-refractivity contribution in [1.82, 2.24) is 4.90 Å². The number of methoxy groups -OCH3 is 1. The summed E-state index contributed by atoms with van der Waals surface area (Å²) in [6.45, 7) is 2.02. The minimum absolute atomic E-state index is 0.0115. The van der Waals surface area contributed by atoms with Gasteiger partial charge < -0.3 is 15.0 Å². The number of nitrogens with zero attached hydrogens (tertiary/aromatic N) is 1. The number of benzene rings is 2. The fourth-order valence-corrected chi connectivity index (χ4v) is 2.52. The molecule has 0 aliphatic heterocycles. The molecule has 0 radical (unpaired) electrons. The van der Waals surface area contributed by atoms with E-state index < -0.39 is 0 Å². The van der Waals surface area contributed by atoms with E-state index in [9.17, 15) is 9.59 Å². The lowest BCUT2D eigenvalue weighted by molar-refractivity contribution is -0.133. The summed E-state index contributed by atoms with van der Waals surface area (Å²) < 4.78 is 5.13. The third-order valence-electron chi connectivity index (χ3n) is 4.01. The highest BCUT2D eigenvalue weighted by molar-refractivity contribution is 5.94. The molecule has 2 aromatic carbocycles. The minimum Gasteiger partial charge on any atom is -0.497 e. The molecule has 25 heavy (non-hydrogen) atoms. The van der Waals surface area contributed by atoms with E-state index in [0.29, 0.717) is 17.9 Å². The molecule has 1 atom stereocenters. The maximum absolute atomic E-state index is 12.3. The van der Waals surface area contributed by atoms with Crippen LogP contribution in [0.3, 0.4) is 0 Å². The number of ether oxygens (including phenoxy) is 1. The molecule has 0 unspecified atom stereocenters. The van der Waals surface area contributed by atoms with Crippen LogP contribution in [0.2, 0.25) is 0 Å². The standard InChI is InChI=1S/C20H24N2O3/c1-15(16-8-5-4-6-9-16)12-20(24)22(2)14-19(23)21-17-10-7-11-18(13-17)25-3/h4-11,13,15H,12,14H2,1-3H3,(H,21,23)/t15-/m0/s1. The molecule has 0 fully saturated rings. The van der Waals surface area contributed by atoms with Crippen LogP contribution in [-0.2, 0) is 9.59 Å². The van der Waals surface area contributed by atoms with E-state index in [-0.39, 0.29) is 24.3 Å². The van der Waals surface area contributed by atoms with Crippen molar-refractivity contribution in [2.45, 2.75) is 19.3 Å². The molecular weight excluding hydrogens is 316 g/mol. The lowest BCUT2D eigenvalue weighted by Crippen LogP contribution is -2.35. The van der Waals surface area contributed by atoms with Crippen LogP contribution >= 0.6 is 0 Å². The normalized spacial score (nSPS) is 11.5. The van der Waals surface area contributed by atoms with Crippen molar-refractivity contribution in [2.24, 2.45) is 0 Å². The van der Waals surface area contributed by atoms with E-state index in [2.05, 4.69) is 5.32 Å². The van der Waals surface area contributed by atoms with Gasteiger partial charge in [0, 0.05) is 25.2 Å². The Morgan fingerprint density at radius 1 is 1.12 bits per heavy atom. The minimum atomic E-state index is -0.239. The second-order valence-corrected chi connectivity index (χ2v) is 6.05. The number of rotatable bonds is 7. The summed E-state index contributed by atoms with van der Waals surface area (Å²) in [6.07, 6.45) is 0.368. The highest BCUT2D eigenvalue weighted by Crippen LogP contribution is 2.19. The van der Waals surface area contributed by atoms with Gasteiger partial charge in [0.15, 0.2) is 0 Å². The zero-order valence-electron chi connectivity index (χ0n) is 14.9. The van der Waals surface area contributed by atoms with Gasteiger partial charge in [-0.2, -0.15) is 0 Å². The molecule has 0 aliphatic carbocycles. The van der Waals surface area contributed by atoms with E-state index in [1.54, 1.807) is 38.4 Å². The molecule has 0 spiro atoms. The van der Waals surface area contributed by atoms with Crippen molar-refractivity contribution in [3.8, 4) is 5.75 Å². The van der Waals surface area contributed by atoms with Gasteiger partial charge in [-0.05, 0) is 23.6 Å². The molecule has 5 heteroatoms. The first-order valence-corrected chi connectivity index (χ1v) is 8.22. The van der Waals surface area contributed by atoms with Gasteiger partial charge in [0.1, 0.15) is 5.75 Å². The number of carbonyl (C=O) groups excluding carboxylic acids is 2. The SMILES string of the molecule is COc1cccc(NC(=O)CN(C)C(=O)C[C@H](C)c2ccccc2)c1. The first kappa shape index (κ1) is 18.5. The van der Waals surface area contributed by atoms with Gasteiger partial charge in [0.25, 0.3) is 0 Å². The van der Waals surface area contributed by atoms with Crippen molar-refractivity contribution >= 4 is 17.5 Å². The number of likely N-dealkylation sites (N-methyl/N-ethyl adjacent to an activating group) is 1. The van der Waals surface area contributed by atoms with Gasteiger partial charge in [0.2, 0.25) is 11.8 Å². The van der Waals surface area contributed by atoms with Gasteiger partial charge in [-0.3, -0.25) is 9.59 Å². The molecule has 2 aromatic rings. The number of nitrogens with one attached hydrogen (secondary N) is 1. The fourth-order valence-electron chi connectivity index (χ4n) is 2.52. The molecule has 2 rings (SSSR count). The Bertz CT molecular complexity index is 716. The first-order valence-electron chi connectivity index (χ1n) is 8.22. The van der Waals surface area contributed by atoms with Crippen LogP contribution in [0.15, 0.2) is 54.6 Å². The van der Waals surface area contributed by atoms with E-state index in [1.807, 2.05) is 37.3 Å². The van der Waals surface area contributed by atoms with Crippen LogP contribution in [-0.4, -0.2) is 37.4 Å². The van der Waals surface area contributed by atoms with Crippen LogP contribution in [0.5, 0.6) is 5.75 Å². The Labute approximate surface area is 148 Å². The van der Waals surface area contributed by atoms with Gasteiger partial charge in [-0.1, -0.05) is 43.3 Å². The molecule has 1 N–H and O–H groups in total. The predicted molar refractivity (Wildman–Crippen MR) is 98.7 cm³/mol. The largest absolute Gasteiger partial charge is 0.497 e. The van der Waals surface area contributed by atoms with Crippen LogP contribution in [0.4, 0.5) is 5.69 Å². The molecule has 0 heterocycles. The maximum atomic E-state index is 12.3. The molecule has 0 bridgehead atoms. The van der Waals surface area contributed by atoms with Crippen molar-refractivity contribution in [1.29, 1.82) is 0 Å². The van der Waals surface area contributed by atoms with Crippen LogP contribution < -0.4 is 10.1 Å². The highest BCUT2D eigenvalue weighted by Gasteiger charge is 2.17. The fraction of sp³-hybridized carbons (Fsp3) is 0.300. The molecule has 2 amide bonds. The molecule has 0 aliphatic rings. The first-order chi connectivity index (χ1) is 12.0. The lowest BCUT2D eigenvalue weighted by atomic mass is 9.97. The van der Waals surface area contributed by atoms with Gasteiger partial charge in [-0.15, -0.1) is 0 Å². The Morgan fingerprint density at radius 3 is 2.52 bits per heavy atom. The third-order valence-corrected chi connectivity index (χ3v) is 4.01. The summed E-state index contributed by atoms with van der Waals surface area (Å²) in [4.78, 5) is 25.9. The molecule has 0 saturated carbocycles. The Kier molecular flexibility index (Phi) is 6.57. The summed E-state index contributed by atoms with van der Waals surface area (Å²) in [5, 5.41) is 2.77. The third kappa shape index (κ3) is 5.64. The quantitative estimate of drug-likeness (QED) is 0.841. The average molecular weight is 340 g/mol. The van der Waals surface area contributed by atoms with Crippen molar-refractivity contribution in [2.75, 3.05) is 26.0 Å². The number of anilines is 1. The molecule has 0 aromatic heterocycles. The maximum Gasteiger partial charge on any atom is 0.243 e. The summed E-state index contributed by atoms with van der Waals surface area (Å²) in [5.74, 6) is 0.477. The lowest BCUT2D eigenvalue weighted by Gasteiger charge is -2.19. The number of amides is 2. The monoisotopic (exact) mass is 340 g/mol. The zero-order valence-corrected chi connectivity index (χ0v) is 14.9. The van der Waals surface area contributed by atoms with Gasteiger partial charge >= 0.3 is 0 Å². The van der Waals surface area contributed by atoms with E-state index in [0.717, 1.165) is 5.56 Å². The van der Waals surface area contributed by atoms with E-state index >= 15 is 0 Å².